The number of hydrogen-bond acceptors (Lipinski definition) is 3. The molecule has 0 bridgehead atoms. The zero-order valence-corrected chi connectivity index (χ0v) is 9.71. The van der Waals surface area contributed by atoms with Gasteiger partial charge in [0.25, 0.3) is 0 Å². The summed E-state index contributed by atoms with van der Waals surface area (Å²) in [4.78, 5) is 11.0. The third kappa shape index (κ3) is 11.4. The van der Waals surface area contributed by atoms with E-state index in [9.17, 15) is 22.2 Å². The topological polar surface area (TPSA) is 58.2 Å². The fourth-order valence-electron chi connectivity index (χ4n) is 0.884. The second-order valence-electron chi connectivity index (χ2n) is 3.20. The van der Waals surface area contributed by atoms with Crippen LogP contribution >= 0.6 is 0 Å². The van der Waals surface area contributed by atoms with E-state index in [4.69, 9.17) is 0 Å². The molecule has 0 aromatic rings. The minimum absolute atomic E-state index is 0.326. The first-order valence-corrected chi connectivity index (χ1v) is 6.38. The number of alkyl halides is 3. The van der Waals surface area contributed by atoms with Crippen molar-refractivity contribution in [3.05, 3.63) is 0 Å². The first-order valence-electron chi connectivity index (χ1n) is 4.65. The van der Waals surface area contributed by atoms with Crippen LogP contribution in [0.3, 0.4) is 0 Å². The maximum absolute atomic E-state index is 11.7. The van der Waals surface area contributed by atoms with Crippen LogP contribution in [0.5, 0.6) is 0 Å². The molecule has 96 valence electrons. The van der Waals surface area contributed by atoms with Gasteiger partial charge in [0.15, 0.2) is 0 Å². The summed E-state index contributed by atoms with van der Waals surface area (Å²) in [6.07, 6.45) is -2.21. The molecule has 4 nitrogen and oxygen atoms in total. The van der Waals surface area contributed by atoms with Crippen molar-refractivity contribution in [2.75, 3.05) is 31.6 Å². The highest BCUT2D eigenvalue weighted by Gasteiger charge is 2.26. The Morgan fingerprint density at radius 1 is 1.38 bits per heavy atom. The first kappa shape index (κ1) is 15.4. The molecule has 16 heavy (non-hydrogen) atoms. The minimum atomic E-state index is -4.31. The van der Waals surface area contributed by atoms with Crippen LogP contribution in [0.25, 0.3) is 0 Å². The highest BCUT2D eigenvalue weighted by Crippen LogP contribution is 2.11. The lowest BCUT2D eigenvalue weighted by molar-refractivity contribution is -0.128. The second kappa shape index (κ2) is 7.61. The Morgan fingerprint density at radius 2 is 2.00 bits per heavy atom. The van der Waals surface area contributed by atoms with Gasteiger partial charge in [-0.15, -0.1) is 0 Å². The van der Waals surface area contributed by atoms with Crippen LogP contribution in [0.1, 0.15) is 6.42 Å². The average Bonchev–Trinajstić information content (AvgIpc) is 2.10. The molecule has 0 aromatic heterocycles. The number of amides is 1. The summed E-state index contributed by atoms with van der Waals surface area (Å²) >= 11 is 0. The lowest BCUT2D eigenvalue weighted by Gasteiger charge is -2.08. The highest BCUT2D eigenvalue weighted by atomic mass is 32.2. The van der Waals surface area contributed by atoms with Crippen molar-refractivity contribution < 1.29 is 22.2 Å². The summed E-state index contributed by atoms with van der Waals surface area (Å²) in [7, 11) is -0.913. The van der Waals surface area contributed by atoms with Crippen molar-refractivity contribution in [2.24, 2.45) is 0 Å². The molecule has 2 N–H and O–H groups in total. The highest BCUT2D eigenvalue weighted by molar-refractivity contribution is 7.84. The van der Waals surface area contributed by atoms with Gasteiger partial charge in [-0.3, -0.25) is 9.00 Å². The summed E-state index contributed by atoms with van der Waals surface area (Å²) in [5, 5.41) is 4.40. The molecular formula is C8H15F3N2O2S. The SMILES string of the molecule is CS(=O)CCCNC(=O)CNCC(F)(F)F. The van der Waals surface area contributed by atoms with E-state index in [-0.39, 0.29) is 6.54 Å². The van der Waals surface area contributed by atoms with Crippen molar-refractivity contribution in [3.63, 3.8) is 0 Å². The van der Waals surface area contributed by atoms with Crippen molar-refractivity contribution in [1.82, 2.24) is 10.6 Å². The Hall–Kier alpha value is -0.630. The summed E-state index contributed by atoms with van der Waals surface area (Å²) < 4.78 is 45.7. The molecule has 0 fully saturated rings. The molecule has 0 heterocycles. The minimum Gasteiger partial charge on any atom is -0.355 e. The van der Waals surface area contributed by atoms with Gasteiger partial charge in [0.05, 0.1) is 13.1 Å². The third-order valence-electron chi connectivity index (χ3n) is 1.54. The van der Waals surface area contributed by atoms with Gasteiger partial charge in [0.2, 0.25) is 5.91 Å². The van der Waals surface area contributed by atoms with E-state index >= 15 is 0 Å². The van der Waals surface area contributed by atoms with Crippen molar-refractivity contribution >= 4 is 16.7 Å². The maximum Gasteiger partial charge on any atom is 0.401 e. The predicted octanol–water partition coefficient (Wildman–Crippen LogP) is 0.0231. The molecule has 0 aromatic carbocycles. The molecule has 1 atom stereocenters. The van der Waals surface area contributed by atoms with Crippen LogP contribution in [0.4, 0.5) is 13.2 Å². The second-order valence-corrected chi connectivity index (χ2v) is 4.75. The van der Waals surface area contributed by atoms with Gasteiger partial charge < -0.3 is 10.6 Å². The van der Waals surface area contributed by atoms with Crippen LogP contribution in [-0.2, 0) is 15.6 Å². The molecule has 0 spiro atoms. The lowest BCUT2D eigenvalue weighted by Crippen LogP contribution is -2.38. The van der Waals surface area contributed by atoms with Gasteiger partial charge in [0.1, 0.15) is 0 Å². The quantitative estimate of drug-likeness (QED) is 0.635. The number of hydrogen-bond donors (Lipinski definition) is 2. The van der Waals surface area contributed by atoms with E-state index in [1.54, 1.807) is 6.26 Å². The molecule has 0 aliphatic carbocycles. The molecule has 0 aliphatic heterocycles. The molecule has 0 radical (unpaired) electrons. The van der Waals surface area contributed by atoms with Gasteiger partial charge in [0, 0.05) is 29.4 Å². The summed E-state index contributed by atoms with van der Waals surface area (Å²) in [5.41, 5.74) is 0. The van der Waals surface area contributed by atoms with Gasteiger partial charge in [-0.1, -0.05) is 0 Å². The van der Waals surface area contributed by atoms with Crippen molar-refractivity contribution in [1.29, 1.82) is 0 Å². The molecule has 0 saturated carbocycles. The third-order valence-corrected chi connectivity index (χ3v) is 2.41. The summed E-state index contributed by atoms with van der Waals surface area (Å²) in [6.45, 7) is -1.22. The van der Waals surface area contributed by atoms with E-state index in [0.29, 0.717) is 18.7 Å². The fraction of sp³-hybridized carbons (Fsp3) is 0.875. The molecule has 0 aliphatic rings. The number of halogens is 3. The van der Waals surface area contributed by atoms with E-state index in [1.165, 1.54) is 0 Å². The van der Waals surface area contributed by atoms with Crippen LogP contribution < -0.4 is 10.6 Å². The Bertz CT molecular complexity index is 246. The Labute approximate surface area is 94.4 Å². The standard InChI is InChI=1S/C8H15F3N2O2S/c1-16(15)4-2-3-13-7(14)5-12-6-8(9,10)11/h12H,2-6H2,1H3,(H,13,14). The Morgan fingerprint density at radius 3 is 2.50 bits per heavy atom. The maximum atomic E-state index is 11.7. The summed E-state index contributed by atoms with van der Waals surface area (Å²) in [5.74, 6) is -0.0258. The molecule has 0 rings (SSSR count). The van der Waals surface area contributed by atoms with Crippen LogP contribution in [0.15, 0.2) is 0 Å². The van der Waals surface area contributed by atoms with Gasteiger partial charge in [-0.25, -0.2) is 0 Å². The van der Waals surface area contributed by atoms with Crippen molar-refractivity contribution in [3.8, 4) is 0 Å². The van der Waals surface area contributed by atoms with Gasteiger partial charge in [-0.05, 0) is 6.42 Å². The number of carbonyl (C=O) groups excluding carboxylic acids is 1. The largest absolute Gasteiger partial charge is 0.401 e. The number of carbonyl (C=O) groups is 1. The summed E-state index contributed by atoms with van der Waals surface area (Å²) in [6, 6.07) is 0. The lowest BCUT2D eigenvalue weighted by atomic mass is 10.4. The van der Waals surface area contributed by atoms with E-state index in [2.05, 4.69) is 5.32 Å². The van der Waals surface area contributed by atoms with E-state index < -0.39 is 29.4 Å². The Balaban J connectivity index is 3.42. The van der Waals surface area contributed by atoms with Crippen LogP contribution in [0, 0.1) is 0 Å². The normalized spacial score (nSPS) is 13.5. The van der Waals surface area contributed by atoms with E-state index in [1.807, 2.05) is 5.32 Å². The molecule has 0 saturated heterocycles. The predicted molar refractivity (Wildman–Crippen MR) is 55.5 cm³/mol. The monoisotopic (exact) mass is 260 g/mol. The fourth-order valence-corrected chi connectivity index (χ4v) is 1.43. The molecule has 1 unspecified atom stereocenters. The number of rotatable bonds is 7. The van der Waals surface area contributed by atoms with Gasteiger partial charge in [-0.2, -0.15) is 13.2 Å². The average molecular weight is 260 g/mol. The molecule has 8 heteroatoms. The van der Waals surface area contributed by atoms with Crippen molar-refractivity contribution in [2.45, 2.75) is 12.6 Å². The molecule has 1 amide bonds. The molecular weight excluding hydrogens is 245 g/mol. The smallest absolute Gasteiger partial charge is 0.355 e. The van der Waals surface area contributed by atoms with Crippen LogP contribution in [-0.4, -0.2) is 47.9 Å². The first-order chi connectivity index (χ1) is 7.31. The van der Waals surface area contributed by atoms with E-state index in [0.717, 1.165) is 0 Å². The zero-order valence-electron chi connectivity index (χ0n) is 8.89. The van der Waals surface area contributed by atoms with Crippen LogP contribution in [0.2, 0.25) is 0 Å². The van der Waals surface area contributed by atoms with Gasteiger partial charge >= 0.3 is 6.18 Å². The zero-order chi connectivity index (χ0) is 12.6. The number of nitrogens with one attached hydrogen (secondary N) is 2. The Kier molecular flexibility index (Phi) is 7.31.